The van der Waals surface area contributed by atoms with Crippen LogP contribution in [-0.4, -0.2) is 45.0 Å². The summed E-state index contributed by atoms with van der Waals surface area (Å²) in [6.07, 6.45) is 0. The molecule has 0 bridgehead atoms. The second kappa shape index (κ2) is 6.35. The zero-order valence-electron chi connectivity index (χ0n) is 19.5. The Morgan fingerprint density at radius 1 is 0.567 bits per heavy atom. The van der Waals surface area contributed by atoms with Gasteiger partial charge in [-0.1, -0.05) is 62.3 Å². The van der Waals surface area contributed by atoms with Crippen LogP contribution in [-0.2, 0) is 36.3 Å². The molecule has 4 rings (SSSR count). The van der Waals surface area contributed by atoms with Crippen LogP contribution in [0.3, 0.4) is 0 Å². The van der Waals surface area contributed by atoms with Crippen molar-refractivity contribution >= 4 is 0 Å². The fourth-order valence-corrected chi connectivity index (χ4v) is 2.89. The molecule has 12 nitrogen and oxygen atoms in total. The van der Waals surface area contributed by atoms with Gasteiger partial charge in [-0.05, 0) is 29.7 Å². The summed E-state index contributed by atoms with van der Waals surface area (Å²) in [4.78, 5) is 10.9. The van der Waals surface area contributed by atoms with Crippen molar-refractivity contribution in [1.29, 1.82) is 0 Å². The molecule has 0 aliphatic carbocycles. The van der Waals surface area contributed by atoms with E-state index < -0.39 is 0 Å². The number of tetrazole rings is 3. The summed E-state index contributed by atoms with van der Waals surface area (Å²) in [6, 6.07) is 0. The fraction of sp³-hybridized carbons (Fsp3) is 0.833. The maximum atomic E-state index is 4.76. The molecule has 12 heteroatoms. The molecule has 0 saturated carbocycles. The first-order valence-electron chi connectivity index (χ1n) is 10.3. The van der Waals surface area contributed by atoms with Crippen LogP contribution >= 0.6 is 0 Å². The van der Waals surface area contributed by atoms with Gasteiger partial charge in [0, 0.05) is 14.4 Å². The van der Waals surface area contributed by atoms with E-state index in [0.29, 0.717) is 20.0 Å². The summed E-state index contributed by atoms with van der Waals surface area (Å²) in [6.45, 7) is 20.1. The highest BCUT2D eigenvalue weighted by atomic mass is 15.8. The Balaban J connectivity index is 1.90. The van der Waals surface area contributed by atoms with E-state index in [-0.39, 0.29) is 16.2 Å². The van der Waals surface area contributed by atoms with Gasteiger partial charge in [0.05, 0.1) is 31.5 Å². The van der Waals surface area contributed by atoms with Crippen LogP contribution in [0.1, 0.15) is 79.8 Å². The third kappa shape index (κ3) is 3.70. The van der Waals surface area contributed by atoms with Gasteiger partial charge in [0.1, 0.15) is 0 Å². The van der Waals surface area contributed by atoms with Gasteiger partial charge in [-0.15, -0.1) is 0 Å². The van der Waals surface area contributed by atoms with Gasteiger partial charge in [0.15, 0.2) is 0 Å². The number of nitrogens with zero attached hydrogens (tertiary/aromatic N) is 12. The lowest BCUT2D eigenvalue weighted by molar-refractivity contribution is -1.03. The molecule has 3 aromatic rings. The normalized spacial score (nSPS) is 15.1. The van der Waals surface area contributed by atoms with Gasteiger partial charge < -0.3 is 0 Å². The van der Waals surface area contributed by atoms with Crippen molar-refractivity contribution in [3.63, 3.8) is 0 Å². The van der Waals surface area contributed by atoms with Crippen molar-refractivity contribution in [2.75, 3.05) is 0 Å². The number of hydrogen-bond donors (Lipinski definition) is 0. The van der Waals surface area contributed by atoms with E-state index in [1.54, 1.807) is 0 Å². The smallest absolute Gasteiger partial charge is 0.0505 e. The zero-order valence-corrected chi connectivity index (χ0v) is 19.5. The minimum atomic E-state index is -0.180. The summed E-state index contributed by atoms with van der Waals surface area (Å²) >= 11 is 0. The van der Waals surface area contributed by atoms with Crippen LogP contribution in [0.4, 0.5) is 0 Å². The highest BCUT2D eigenvalue weighted by Gasteiger charge is 2.39. The van der Waals surface area contributed by atoms with Gasteiger partial charge in [0.25, 0.3) is 13.3 Å². The minimum Gasteiger partial charge on any atom is -0.0505 e. The monoisotopic (exact) mass is 417 g/mol. The van der Waals surface area contributed by atoms with Gasteiger partial charge in [-0.3, -0.25) is 0 Å². The molecule has 0 atom stereocenters. The Morgan fingerprint density at radius 3 is 1.40 bits per heavy atom. The lowest BCUT2D eigenvalue weighted by atomic mass is 9.96. The first-order valence-corrected chi connectivity index (χ1v) is 10.3. The zero-order chi connectivity index (χ0) is 22.1. The van der Waals surface area contributed by atoms with E-state index in [4.69, 9.17) is 30.6 Å². The molecular formula is C18H33N12+3. The fourth-order valence-electron chi connectivity index (χ4n) is 2.89. The highest BCUT2D eigenvalue weighted by molar-refractivity contribution is 4.96. The largest absolute Gasteiger partial charge is 0.314 e. The summed E-state index contributed by atoms with van der Waals surface area (Å²) in [5, 5.41) is 28.6. The van der Waals surface area contributed by atoms with E-state index in [0.717, 1.165) is 17.5 Å². The van der Waals surface area contributed by atoms with E-state index in [9.17, 15) is 0 Å². The molecule has 0 fully saturated rings. The number of rotatable bonds is 0. The SMILES string of the molecule is CC(C)(C)c1nn2[n+](n1)Cn1nc(C(C)(C)C)n[n+]1C[n+]1nc(C(C)(C)C)nn1C2. The van der Waals surface area contributed by atoms with Gasteiger partial charge in [-0.2, -0.15) is 0 Å². The van der Waals surface area contributed by atoms with Crippen LogP contribution in [0.15, 0.2) is 0 Å². The van der Waals surface area contributed by atoms with Gasteiger partial charge in [-0.25, -0.2) is 0 Å². The van der Waals surface area contributed by atoms with Crippen LogP contribution in [0.25, 0.3) is 0 Å². The summed E-state index contributed by atoms with van der Waals surface area (Å²) in [7, 11) is 0. The standard InChI is InChI=1S/C18H33N12/c1-16(2,3)13-19-25-10-27-21-14(17(4,5)6)23-29(27)12-30-24-15(18(7,8)9)22-28(30)11-26(25)20-13/h10-12H2,1-9H3/q+3. The summed E-state index contributed by atoms with van der Waals surface area (Å²) in [5.41, 5.74) is -0.539. The molecule has 0 saturated heterocycles. The van der Waals surface area contributed by atoms with Gasteiger partial charge in [0.2, 0.25) is 0 Å². The van der Waals surface area contributed by atoms with Crippen LogP contribution < -0.4 is 14.4 Å². The molecule has 0 radical (unpaired) electrons. The van der Waals surface area contributed by atoms with Crippen molar-refractivity contribution in [2.45, 2.75) is 98.6 Å². The molecule has 1 aliphatic heterocycles. The molecule has 3 aromatic heterocycles. The van der Waals surface area contributed by atoms with Crippen molar-refractivity contribution in [2.24, 2.45) is 0 Å². The van der Waals surface area contributed by atoms with Crippen LogP contribution in [0.5, 0.6) is 0 Å². The molecule has 0 amide bonds. The third-order valence-electron chi connectivity index (χ3n) is 4.83. The van der Waals surface area contributed by atoms with Crippen molar-refractivity contribution in [3.05, 3.63) is 17.5 Å². The Labute approximate surface area is 176 Å². The lowest BCUT2D eigenvalue weighted by Gasteiger charge is -2.06. The average molecular weight is 418 g/mol. The van der Waals surface area contributed by atoms with E-state index >= 15 is 0 Å². The first-order chi connectivity index (χ1) is 13.7. The molecule has 1 aliphatic rings. The summed E-state index contributed by atoms with van der Waals surface area (Å²) in [5.74, 6) is 2.27. The predicted molar refractivity (Wildman–Crippen MR) is 103 cm³/mol. The van der Waals surface area contributed by atoms with Crippen molar-refractivity contribution in [1.82, 2.24) is 45.0 Å². The average Bonchev–Trinajstić information content (AvgIpc) is 3.25. The number of hydrogen-bond acceptors (Lipinski definition) is 6. The summed E-state index contributed by atoms with van der Waals surface area (Å²) < 4.78 is 0. The Bertz CT molecular complexity index is 883. The predicted octanol–water partition coefficient (Wildman–Crippen LogP) is -0.953. The molecular weight excluding hydrogens is 384 g/mol. The molecule has 162 valence electrons. The first kappa shape index (κ1) is 20.5. The third-order valence-corrected chi connectivity index (χ3v) is 4.83. The Morgan fingerprint density at radius 2 is 0.933 bits per heavy atom. The van der Waals surface area contributed by atoms with Gasteiger partial charge >= 0.3 is 24.1 Å². The molecule has 0 N–H and O–H groups in total. The topological polar surface area (TPSA) is 104 Å². The van der Waals surface area contributed by atoms with Crippen LogP contribution in [0, 0.1) is 0 Å². The second-order valence-corrected chi connectivity index (χ2v) is 11.0. The van der Waals surface area contributed by atoms with E-state index in [1.807, 2.05) is 28.8 Å². The van der Waals surface area contributed by atoms with E-state index in [1.165, 1.54) is 0 Å². The quantitative estimate of drug-likeness (QED) is 0.342. The lowest BCUT2D eigenvalue weighted by Crippen LogP contribution is -2.63. The molecule has 0 unspecified atom stereocenters. The number of aromatic nitrogens is 12. The van der Waals surface area contributed by atoms with Crippen molar-refractivity contribution in [3.8, 4) is 0 Å². The van der Waals surface area contributed by atoms with Crippen molar-refractivity contribution < 1.29 is 14.4 Å². The maximum absolute atomic E-state index is 4.76. The maximum Gasteiger partial charge on any atom is 0.314 e. The molecule has 0 aromatic carbocycles. The molecule has 4 heterocycles. The Hall–Kier alpha value is -2.79. The number of fused-ring (bicyclic) bond motifs is 3. The van der Waals surface area contributed by atoms with Crippen LogP contribution in [0.2, 0.25) is 0 Å². The minimum absolute atomic E-state index is 0.180. The second-order valence-electron chi connectivity index (χ2n) is 11.0. The highest BCUT2D eigenvalue weighted by Crippen LogP contribution is 2.18. The molecule has 30 heavy (non-hydrogen) atoms. The van der Waals surface area contributed by atoms with E-state index in [2.05, 4.69) is 62.3 Å². The Kier molecular flexibility index (Phi) is 4.34. The molecule has 0 spiro atoms.